The number of nitrogens with zero attached hydrogens (tertiary/aromatic N) is 2. The Kier molecular flexibility index (Phi) is 3.46. The standard InChI is InChI=1S/C14H19ClN2O/c15-12-2-1-11(10-18)14(9-12)17-7-5-16(6-8-17)13-3-4-13/h1-2,9,13,18H,3-8,10H2. The van der Waals surface area contributed by atoms with Crippen LogP contribution in [0.4, 0.5) is 5.69 Å². The number of aliphatic hydroxyl groups excluding tert-OH is 1. The summed E-state index contributed by atoms with van der Waals surface area (Å²) in [5.74, 6) is 0. The van der Waals surface area contributed by atoms with Gasteiger partial charge in [-0.15, -0.1) is 0 Å². The fourth-order valence-electron chi connectivity index (χ4n) is 2.73. The molecule has 0 unspecified atom stereocenters. The van der Waals surface area contributed by atoms with Gasteiger partial charge in [-0.1, -0.05) is 17.7 Å². The molecule has 0 aromatic heterocycles. The van der Waals surface area contributed by atoms with E-state index in [0.717, 1.165) is 48.5 Å². The van der Waals surface area contributed by atoms with Crippen LogP contribution in [-0.2, 0) is 6.61 Å². The maximum atomic E-state index is 9.41. The fourth-order valence-corrected chi connectivity index (χ4v) is 2.90. The molecule has 1 saturated heterocycles. The summed E-state index contributed by atoms with van der Waals surface area (Å²) in [6, 6.07) is 6.59. The Balaban J connectivity index is 1.72. The molecule has 0 bridgehead atoms. The second-order valence-electron chi connectivity index (χ2n) is 5.19. The van der Waals surface area contributed by atoms with Gasteiger partial charge >= 0.3 is 0 Å². The van der Waals surface area contributed by atoms with Crippen LogP contribution in [0.2, 0.25) is 5.02 Å². The lowest BCUT2D eigenvalue weighted by Gasteiger charge is -2.37. The average molecular weight is 267 g/mol. The van der Waals surface area contributed by atoms with Crippen molar-refractivity contribution in [1.29, 1.82) is 0 Å². The minimum atomic E-state index is 0.0787. The zero-order valence-electron chi connectivity index (χ0n) is 10.5. The van der Waals surface area contributed by atoms with Gasteiger partial charge in [0.1, 0.15) is 0 Å². The number of piperazine rings is 1. The monoisotopic (exact) mass is 266 g/mol. The minimum Gasteiger partial charge on any atom is -0.392 e. The second kappa shape index (κ2) is 5.08. The van der Waals surface area contributed by atoms with E-state index < -0.39 is 0 Å². The van der Waals surface area contributed by atoms with Crippen LogP contribution in [0.1, 0.15) is 18.4 Å². The highest BCUT2D eigenvalue weighted by atomic mass is 35.5. The van der Waals surface area contributed by atoms with Gasteiger partial charge in [-0.2, -0.15) is 0 Å². The molecule has 18 heavy (non-hydrogen) atoms. The number of benzene rings is 1. The third kappa shape index (κ3) is 2.48. The fraction of sp³-hybridized carbons (Fsp3) is 0.571. The molecule has 1 aromatic rings. The van der Waals surface area contributed by atoms with Gasteiger partial charge in [0.25, 0.3) is 0 Å². The highest BCUT2D eigenvalue weighted by molar-refractivity contribution is 6.30. The van der Waals surface area contributed by atoms with Crippen molar-refractivity contribution < 1.29 is 5.11 Å². The first-order valence-electron chi connectivity index (χ1n) is 6.66. The quantitative estimate of drug-likeness (QED) is 0.908. The number of rotatable bonds is 3. The van der Waals surface area contributed by atoms with Gasteiger partial charge in [0, 0.05) is 48.5 Å². The molecular formula is C14H19ClN2O. The number of halogens is 1. The summed E-state index contributed by atoms with van der Waals surface area (Å²) in [5, 5.41) is 10.2. The van der Waals surface area contributed by atoms with E-state index in [9.17, 15) is 5.11 Å². The molecule has 2 aliphatic rings. The predicted molar refractivity (Wildman–Crippen MR) is 74.2 cm³/mol. The molecule has 1 heterocycles. The lowest BCUT2D eigenvalue weighted by Crippen LogP contribution is -2.47. The van der Waals surface area contributed by atoms with Crippen LogP contribution < -0.4 is 4.90 Å². The van der Waals surface area contributed by atoms with Gasteiger partial charge in [-0.3, -0.25) is 4.90 Å². The topological polar surface area (TPSA) is 26.7 Å². The molecule has 0 spiro atoms. The lowest BCUT2D eigenvalue weighted by molar-refractivity contribution is 0.246. The SMILES string of the molecule is OCc1ccc(Cl)cc1N1CCN(C2CC2)CC1. The Morgan fingerprint density at radius 3 is 2.50 bits per heavy atom. The van der Waals surface area contributed by atoms with Crippen LogP contribution in [0.3, 0.4) is 0 Å². The number of hydrogen-bond acceptors (Lipinski definition) is 3. The molecule has 0 radical (unpaired) electrons. The Bertz CT molecular complexity index is 426. The van der Waals surface area contributed by atoms with Crippen LogP contribution in [0.25, 0.3) is 0 Å². The van der Waals surface area contributed by atoms with Crippen LogP contribution in [0, 0.1) is 0 Å². The molecule has 4 heteroatoms. The first-order valence-corrected chi connectivity index (χ1v) is 7.04. The molecule has 1 aliphatic heterocycles. The third-order valence-electron chi connectivity index (χ3n) is 3.94. The van der Waals surface area contributed by atoms with Gasteiger partial charge in [0.2, 0.25) is 0 Å². The van der Waals surface area contributed by atoms with E-state index in [4.69, 9.17) is 11.6 Å². The molecule has 0 atom stereocenters. The Morgan fingerprint density at radius 2 is 1.89 bits per heavy atom. The Hall–Kier alpha value is -0.770. The van der Waals surface area contributed by atoms with Crippen LogP contribution in [-0.4, -0.2) is 42.2 Å². The predicted octanol–water partition coefficient (Wildman–Crippen LogP) is 2.12. The van der Waals surface area contributed by atoms with Crippen LogP contribution in [0.5, 0.6) is 0 Å². The highest BCUT2D eigenvalue weighted by Gasteiger charge is 2.31. The normalized spacial score (nSPS) is 21.3. The van der Waals surface area contributed by atoms with Crippen molar-refractivity contribution >= 4 is 17.3 Å². The average Bonchev–Trinajstić information content (AvgIpc) is 3.23. The van der Waals surface area contributed by atoms with Crippen molar-refractivity contribution in [3.63, 3.8) is 0 Å². The minimum absolute atomic E-state index is 0.0787. The summed E-state index contributed by atoms with van der Waals surface area (Å²) in [4.78, 5) is 4.93. The van der Waals surface area contributed by atoms with E-state index in [2.05, 4.69) is 9.80 Å². The summed E-state index contributed by atoms with van der Waals surface area (Å²) in [6.45, 7) is 4.40. The smallest absolute Gasteiger partial charge is 0.0702 e. The molecule has 1 N–H and O–H groups in total. The summed E-state index contributed by atoms with van der Waals surface area (Å²) in [5.41, 5.74) is 2.07. The molecule has 3 nitrogen and oxygen atoms in total. The largest absolute Gasteiger partial charge is 0.392 e. The van der Waals surface area contributed by atoms with E-state index in [0.29, 0.717) is 0 Å². The molecule has 3 rings (SSSR count). The molecule has 1 aromatic carbocycles. The molecule has 98 valence electrons. The van der Waals surface area contributed by atoms with E-state index in [1.54, 1.807) is 0 Å². The zero-order chi connectivity index (χ0) is 12.5. The second-order valence-corrected chi connectivity index (χ2v) is 5.62. The van der Waals surface area contributed by atoms with E-state index in [1.807, 2.05) is 18.2 Å². The Morgan fingerprint density at radius 1 is 1.17 bits per heavy atom. The van der Waals surface area contributed by atoms with E-state index >= 15 is 0 Å². The van der Waals surface area contributed by atoms with Crippen molar-refractivity contribution in [1.82, 2.24) is 4.90 Å². The first kappa shape index (κ1) is 12.3. The van der Waals surface area contributed by atoms with Crippen molar-refractivity contribution in [2.24, 2.45) is 0 Å². The number of anilines is 1. The van der Waals surface area contributed by atoms with Gasteiger partial charge < -0.3 is 10.0 Å². The summed E-state index contributed by atoms with van der Waals surface area (Å²) in [6.07, 6.45) is 2.75. The van der Waals surface area contributed by atoms with E-state index in [1.165, 1.54) is 12.8 Å². The van der Waals surface area contributed by atoms with Crippen molar-refractivity contribution in [3.8, 4) is 0 Å². The summed E-state index contributed by atoms with van der Waals surface area (Å²) < 4.78 is 0. The maximum Gasteiger partial charge on any atom is 0.0702 e. The van der Waals surface area contributed by atoms with Crippen molar-refractivity contribution in [3.05, 3.63) is 28.8 Å². The molecular weight excluding hydrogens is 248 g/mol. The molecule has 2 fully saturated rings. The number of hydrogen-bond donors (Lipinski definition) is 1. The van der Waals surface area contributed by atoms with Crippen LogP contribution in [0.15, 0.2) is 18.2 Å². The number of aliphatic hydroxyl groups is 1. The van der Waals surface area contributed by atoms with E-state index in [-0.39, 0.29) is 6.61 Å². The summed E-state index contributed by atoms with van der Waals surface area (Å²) >= 11 is 6.06. The first-order chi connectivity index (χ1) is 8.78. The molecule has 0 amide bonds. The van der Waals surface area contributed by atoms with Crippen LogP contribution >= 0.6 is 11.6 Å². The highest BCUT2D eigenvalue weighted by Crippen LogP contribution is 2.30. The third-order valence-corrected chi connectivity index (χ3v) is 4.17. The van der Waals surface area contributed by atoms with Gasteiger partial charge in [-0.25, -0.2) is 0 Å². The van der Waals surface area contributed by atoms with Gasteiger partial charge in [0.05, 0.1) is 6.61 Å². The van der Waals surface area contributed by atoms with Gasteiger partial charge in [0.15, 0.2) is 0 Å². The molecule has 1 aliphatic carbocycles. The van der Waals surface area contributed by atoms with Crippen molar-refractivity contribution in [2.75, 3.05) is 31.1 Å². The Labute approximate surface area is 113 Å². The van der Waals surface area contributed by atoms with Crippen molar-refractivity contribution in [2.45, 2.75) is 25.5 Å². The maximum absolute atomic E-state index is 9.41. The van der Waals surface area contributed by atoms with Gasteiger partial charge in [-0.05, 0) is 25.0 Å². The lowest BCUT2D eigenvalue weighted by atomic mass is 10.1. The molecule has 1 saturated carbocycles. The zero-order valence-corrected chi connectivity index (χ0v) is 11.2. The summed E-state index contributed by atoms with van der Waals surface area (Å²) in [7, 11) is 0.